The highest BCUT2D eigenvalue weighted by Gasteiger charge is 2.08. The van der Waals surface area contributed by atoms with Gasteiger partial charge in [0.25, 0.3) is 0 Å². The van der Waals surface area contributed by atoms with Gasteiger partial charge < -0.3 is 10.7 Å². The van der Waals surface area contributed by atoms with Crippen LogP contribution in [0.5, 0.6) is 0 Å². The molecule has 1 heterocycles. The van der Waals surface area contributed by atoms with E-state index in [2.05, 4.69) is 16.9 Å². The smallest absolute Gasteiger partial charge is 0.106 e. The molecule has 0 fully saturated rings. The lowest BCUT2D eigenvalue weighted by atomic mass is 10.1. The van der Waals surface area contributed by atoms with Crippen molar-refractivity contribution in [3.8, 4) is 11.3 Å². The molecule has 0 unspecified atom stereocenters. The first-order chi connectivity index (χ1) is 9.20. The van der Waals surface area contributed by atoms with Crippen molar-refractivity contribution in [1.82, 2.24) is 9.97 Å². The molecule has 2 rings (SSSR count). The van der Waals surface area contributed by atoms with E-state index in [-0.39, 0.29) is 0 Å². The Morgan fingerprint density at radius 1 is 1.16 bits per heavy atom. The van der Waals surface area contributed by atoms with E-state index in [0.717, 1.165) is 60.0 Å². The molecule has 0 saturated heterocycles. The first kappa shape index (κ1) is 14.1. The van der Waals surface area contributed by atoms with Gasteiger partial charge in [-0.3, -0.25) is 0 Å². The first-order valence-electron chi connectivity index (χ1n) is 6.72. The standard InChI is InChI=1S/C15H20ClN3/c1-11-15(12-6-8-13(16)9-7-12)19-14(18-11)5-3-2-4-10-17/h6-9H,2-5,10,17H2,1H3,(H,18,19). The molecule has 102 valence electrons. The normalized spacial score (nSPS) is 10.9. The summed E-state index contributed by atoms with van der Waals surface area (Å²) in [6.45, 7) is 2.83. The third-order valence-corrected chi connectivity index (χ3v) is 3.42. The molecule has 1 aromatic heterocycles. The monoisotopic (exact) mass is 277 g/mol. The second-order valence-electron chi connectivity index (χ2n) is 4.76. The zero-order chi connectivity index (χ0) is 13.7. The SMILES string of the molecule is Cc1[nH]c(CCCCCN)nc1-c1ccc(Cl)cc1. The number of hydrogen-bond donors (Lipinski definition) is 2. The Kier molecular flexibility index (Phi) is 5.00. The lowest BCUT2D eigenvalue weighted by Gasteiger charge is -1.98. The van der Waals surface area contributed by atoms with E-state index < -0.39 is 0 Å². The van der Waals surface area contributed by atoms with Crippen molar-refractivity contribution in [3.63, 3.8) is 0 Å². The Labute approximate surface area is 119 Å². The number of nitrogens with one attached hydrogen (secondary N) is 1. The lowest BCUT2D eigenvalue weighted by molar-refractivity contribution is 0.672. The molecule has 3 nitrogen and oxygen atoms in total. The Morgan fingerprint density at radius 3 is 2.58 bits per heavy atom. The number of aromatic amines is 1. The van der Waals surface area contributed by atoms with Crippen LogP contribution in [0.25, 0.3) is 11.3 Å². The fraction of sp³-hybridized carbons (Fsp3) is 0.400. The van der Waals surface area contributed by atoms with Crippen LogP contribution in [-0.2, 0) is 6.42 Å². The predicted molar refractivity (Wildman–Crippen MR) is 80.4 cm³/mol. The number of benzene rings is 1. The average Bonchev–Trinajstić information content (AvgIpc) is 2.77. The van der Waals surface area contributed by atoms with Crippen LogP contribution >= 0.6 is 11.6 Å². The van der Waals surface area contributed by atoms with Crippen LogP contribution in [-0.4, -0.2) is 16.5 Å². The summed E-state index contributed by atoms with van der Waals surface area (Å²) in [4.78, 5) is 8.04. The Balaban J connectivity index is 2.06. The number of nitrogens with zero attached hydrogens (tertiary/aromatic N) is 1. The average molecular weight is 278 g/mol. The van der Waals surface area contributed by atoms with Crippen LogP contribution in [0.2, 0.25) is 5.02 Å². The molecule has 0 aliphatic heterocycles. The van der Waals surface area contributed by atoms with Gasteiger partial charge in [0.1, 0.15) is 5.82 Å². The van der Waals surface area contributed by atoms with E-state index in [1.165, 1.54) is 0 Å². The lowest BCUT2D eigenvalue weighted by Crippen LogP contribution is -1.98. The van der Waals surface area contributed by atoms with Gasteiger partial charge >= 0.3 is 0 Å². The van der Waals surface area contributed by atoms with Crippen molar-refractivity contribution in [1.29, 1.82) is 0 Å². The van der Waals surface area contributed by atoms with E-state index >= 15 is 0 Å². The van der Waals surface area contributed by atoms with Crippen molar-refractivity contribution < 1.29 is 0 Å². The topological polar surface area (TPSA) is 54.7 Å². The summed E-state index contributed by atoms with van der Waals surface area (Å²) in [5.74, 6) is 1.06. The third kappa shape index (κ3) is 3.82. The Morgan fingerprint density at radius 2 is 1.89 bits per heavy atom. The van der Waals surface area contributed by atoms with Crippen LogP contribution < -0.4 is 5.73 Å². The highest BCUT2D eigenvalue weighted by Crippen LogP contribution is 2.23. The summed E-state index contributed by atoms with van der Waals surface area (Å²) < 4.78 is 0. The molecule has 4 heteroatoms. The molecule has 0 aliphatic rings. The maximum absolute atomic E-state index is 5.90. The molecule has 3 N–H and O–H groups in total. The second kappa shape index (κ2) is 6.73. The molecule has 0 aliphatic carbocycles. The number of hydrogen-bond acceptors (Lipinski definition) is 2. The minimum absolute atomic E-state index is 0.749. The van der Waals surface area contributed by atoms with Gasteiger partial charge in [0, 0.05) is 22.7 Å². The van der Waals surface area contributed by atoms with E-state index in [4.69, 9.17) is 17.3 Å². The molecular formula is C15H20ClN3. The molecule has 1 aromatic carbocycles. The van der Waals surface area contributed by atoms with Crippen LogP contribution in [0.3, 0.4) is 0 Å². The maximum Gasteiger partial charge on any atom is 0.106 e. The molecular weight excluding hydrogens is 258 g/mol. The Bertz CT molecular complexity index is 517. The summed E-state index contributed by atoms with van der Waals surface area (Å²) >= 11 is 5.90. The summed E-state index contributed by atoms with van der Waals surface area (Å²) in [5, 5.41) is 0.749. The zero-order valence-electron chi connectivity index (χ0n) is 11.2. The van der Waals surface area contributed by atoms with Crippen LogP contribution in [0.4, 0.5) is 0 Å². The quantitative estimate of drug-likeness (QED) is 0.791. The molecule has 2 aromatic rings. The highest BCUT2D eigenvalue weighted by molar-refractivity contribution is 6.30. The van der Waals surface area contributed by atoms with Crippen molar-refractivity contribution >= 4 is 11.6 Å². The molecule has 0 radical (unpaired) electrons. The van der Waals surface area contributed by atoms with E-state index in [1.807, 2.05) is 24.3 Å². The van der Waals surface area contributed by atoms with Gasteiger partial charge in [0.2, 0.25) is 0 Å². The minimum Gasteiger partial charge on any atom is -0.346 e. The second-order valence-corrected chi connectivity index (χ2v) is 5.20. The molecule has 0 saturated carbocycles. The molecule has 0 atom stereocenters. The zero-order valence-corrected chi connectivity index (χ0v) is 12.0. The van der Waals surface area contributed by atoms with Crippen molar-refractivity contribution in [3.05, 3.63) is 40.8 Å². The van der Waals surface area contributed by atoms with Crippen molar-refractivity contribution in [2.24, 2.45) is 5.73 Å². The van der Waals surface area contributed by atoms with Gasteiger partial charge in [-0.1, -0.05) is 30.2 Å². The number of nitrogens with two attached hydrogens (primary N) is 1. The number of H-pyrrole nitrogens is 1. The van der Waals surface area contributed by atoms with Gasteiger partial charge in [-0.05, 0) is 38.4 Å². The summed E-state index contributed by atoms with van der Waals surface area (Å²) in [6.07, 6.45) is 4.36. The van der Waals surface area contributed by atoms with Crippen LogP contribution in [0.15, 0.2) is 24.3 Å². The van der Waals surface area contributed by atoms with Gasteiger partial charge in [-0.25, -0.2) is 4.98 Å². The van der Waals surface area contributed by atoms with Gasteiger partial charge in [-0.15, -0.1) is 0 Å². The van der Waals surface area contributed by atoms with Gasteiger partial charge in [-0.2, -0.15) is 0 Å². The summed E-state index contributed by atoms with van der Waals surface area (Å²) in [7, 11) is 0. The maximum atomic E-state index is 5.90. The molecule has 0 bridgehead atoms. The van der Waals surface area contributed by atoms with E-state index in [1.54, 1.807) is 0 Å². The number of unbranched alkanes of at least 4 members (excludes halogenated alkanes) is 2. The summed E-state index contributed by atoms with van der Waals surface area (Å²) in [5.41, 5.74) is 8.72. The van der Waals surface area contributed by atoms with E-state index in [9.17, 15) is 0 Å². The minimum atomic E-state index is 0.749. The first-order valence-corrected chi connectivity index (χ1v) is 7.10. The summed E-state index contributed by atoms with van der Waals surface area (Å²) in [6, 6.07) is 7.80. The van der Waals surface area contributed by atoms with Crippen molar-refractivity contribution in [2.45, 2.75) is 32.6 Å². The number of aryl methyl sites for hydroxylation is 2. The third-order valence-electron chi connectivity index (χ3n) is 3.17. The van der Waals surface area contributed by atoms with Gasteiger partial charge in [0.05, 0.1) is 5.69 Å². The van der Waals surface area contributed by atoms with Gasteiger partial charge in [0.15, 0.2) is 0 Å². The molecule has 0 amide bonds. The number of halogens is 1. The predicted octanol–water partition coefficient (Wildman–Crippen LogP) is 3.71. The van der Waals surface area contributed by atoms with E-state index in [0.29, 0.717) is 0 Å². The highest BCUT2D eigenvalue weighted by atomic mass is 35.5. The number of aromatic nitrogens is 2. The largest absolute Gasteiger partial charge is 0.346 e. The van der Waals surface area contributed by atoms with Crippen LogP contribution in [0.1, 0.15) is 30.8 Å². The van der Waals surface area contributed by atoms with Crippen LogP contribution in [0, 0.1) is 6.92 Å². The fourth-order valence-electron chi connectivity index (χ4n) is 2.14. The number of imidazole rings is 1. The Hall–Kier alpha value is -1.32. The fourth-order valence-corrected chi connectivity index (χ4v) is 2.27. The molecule has 19 heavy (non-hydrogen) atoms. The van der Waals surface area contributed by atoms with Crippen molar-refractivity contribution in [2.75, 3.05) is 6.54 Å². The number of rotatable bonds is 6. The molecule has 0 spiro atoms.